The molecule has 6 atom stereocenters. The highest BCUT2D eigenvalue weighted by molar-refractivity contribution is 5.32. The Kier molecular flexibility index (Phi) is 2.91. The van der Waals surface area contributed by atoms with E-state index in [1.54, 1.807) is 11.1 Å². The van der Waals surface area contributed by atoms with Crippen LogP contribution < -0.4 is 0 Å². The Bertz CT molecular complexity index is 595. The number of rotatable bonds is 0. The molecule has 0 aromatic rings. The largest absolute Gasteiger partial charge is 0.365 e. The average Bonchev–Trinajstić information content (AvgIpc) is 3.20. The van der Waals surface area contributed by atoms with Crippen LogP contribution in [-0.4, -0.2) is 12.2 Å². The lowest BCUT2D eigenvalue weighted by atomic mass is 9.47. The summed E-state index contributed by atoms with van der Waals surface area (Å²) in [6.07, 6.45) is 16.2. The third kappa shape index (κ3) is 1.84. The Morgan fingerprint density at radius 1 is 1.00 bits per heavy atom. The van der Waals surface area contributed by atoms with Gasteiger partial charge in [0.2, 0.25) is 0 Å². The third-order valence-corrected chi connectivity index (χ3v) is 8.95. The number of ether oxygens (including phenoxy) is 1. The standard InChI is InChI=1S/C22H32O/c1-4-15-6-8-18-17-7-5-16-13-22(14-23-22)12-11-21(16,3)19(17)9-10-20(15,18)2/h4,13,17-19H,5-12,14H2,1-3H3/b15-4+/t17?,18?,19?,20-,21+,22?/m1/s1. The maximum absolute atomic E-state index is 5.80. The number of hydrogen-bond donors (Lipinski definition) is 0. The Balaban J connectivity index is 1.50. The first-order valence-electron chi connectivity index (χ1n) is 10.0. The van der Waals surface area contributed by atoms with Crippen molar-refractivity contribution < 1.29 is 4.74 Å². The van der Waals surface area contributed by atoms with Crippen molar-refractivity contribution in [1.29, 1.82) is 0 Å². The topological polar surface area (TPSA) is 12.5 Å². The second-order valence-electron chi connectivity index (χ2n) is 9.66. The van der Waals surface area contributed by atoms with E-state index in [1.807, 2.05) is 0 Å². The molecule has 0 aromatic carbocycles. The van der Waals surface area contributed by atoms with E-state index in [-0.39, 0.29) is 5.60 Å². The van der Waals surface area contributed by atoms with Crippen LogP contribution >= 0.6 is 0 Å². The summed E-state index contributed by atoms with van der Waals surface area (Å²) in [4.78, 5) is 0. The van der Waals surface area contributed by atoms with Crippen molar-refractivity contribution in [2.45, 2.75) is 77.7 Å². The molecule has 0 N–H and O–H groups in total. The van der Waals surface area contributed by atoms with Gasteiger partial charge in [0.05, 0.1) is 6.61 Å². The van der Waals surface area contributed by atoms with Crippen LogP contribution in [0.2, 0.25) is 0 Å². The molecule has 1 nitrogen and oxygen atoms in total. The summed E-state index contributed by atoms with van der Waals surface area (Å²) in [5.74, 6) is 2.87. The smallest absolute Gasteiger partial charge is 0.110 e. The van der Waals surface area contributed by atoms with Gasteiger partial charge in [0.15, 0.2) is 0 Å². The quantitative estimate of drug-likeness (QED) is 0.415. The molecular weight excluding hydrogens is 280 g/mol. The van der Waals surface area contributed by atoms with E-state index in [0.29, 0.717) is 10.8 Å². The predicted molar refractivity (Wildman–Crippen MR) is 94.1 cm³/mol. The van der Waals surface area contributed by atoms with Crippen LogP contribution in [0.15, 0.2) is 23.3 Å². The van der Waals surface area contributed by atoms with Gasteiger partial charge in [0.25, 0.3) is 0 Å². The van der Waals surface area contributed by atoms with E-state index in [4.69, 9.17) is 4.74 Å². The van der Waals surface area contributed by atoms with Crippen molar-refractivity contribution in [1.82, 2.24) is 0 Å². The van der Waals surface area contributed by atoms with Crippen molar-refractivity contribution in [3.05, 3.63) is 23.3 Å². The maximum Gasteiger partial charge on any atom is 0.110 e. The van der Waals surface area contributed by atoms with E-state index < -0.39 is 0 Å². The maximum atomic E-state index is 5.80. The lowest BCUT2D eigenvalue weighted by molar-refractivity contribution is -0.0287. The van der Waals surface area contributed by atoms with Gasteiger partial charge in [0, 0.05) is 0 Å². The molecule has 5 rings (SSSR count). The second-order valence-corrected chi connectivity index (χ2v) is 9.66. The first kappa shape index (κ1) is 14.8. The molecule has 5 aliphatic rings. The minimum Gasteiger partial charge on any atom is -0.365 e. The minimum absolute atomic E-state index is 0.191. The summed E-state index contributed by atoms with van der Waals surface area (Å²) in [5.41, 5.74) is 4.76. The van der Waals surface area contributed by atoms with Crippen LogP contribution in [0.4, 0.5) is 0 Å². The highest BCUT2D eigenvalue weighted by Crippen LogP contribution is 2.67. The Labute approximate surface area is 141 Å². The number of allylic oxidation sites excluding steroid dienone is 3. The Morgan fingerprint density at radius 2 is 1.78 bits per heavy atom. The summed E-state index contributed by atoms with van der Waals surface area (Å²) in [7, 11) is 0. The number of hydrogen-bond acceptors (Lipinski definition) is 1. The fourth-order valence-electron chi connectivity index (χ4n) is 7.41. The molecule has 4 unspecified atom stereocenters. The lowest BCUT2D eigenvalue weighted by Crippen LogP contribution is -2.50. The molecule has 0 aromatic heterocycles. The van der Waals surface area contributed by atoms with Crippen LogP contribution in [0.25, 0.3) is 0 Å². The monoisotopic (exact) mass is 312 g/mol. The zero-order valence-electron chi connectivity index (χ0n) is 15.2. The van der Waals surface area contributed by atoms with E-state index in [1.165, 1.54) is 51.4 Å². The first-order chi connectivity index (χ1) is 11.0. The fraction of sp³-hybridized carbons (Fsp3) is 0.818. The van der Waals surface area contributed by atoms with Gasteiger partial charge in [-0.3, -0.25) is 0 Å². The summed E-state index contributed by atoms with van der Waals surface area (Å²) in [5, 5.41) is 0. The summed E-state index contributed by atoms with van der Waals surface area (Å²) < 4.78 is 5.80. The molecule has 23 heavy (non-hydrogen) atoms. The van der Waals surface area contributed by atoms with Crippen molar-refractivity contribution in [3.63, 3.8) is 0 Å². The van der Waals surface area contributed by atoms with E-state index in [2.05, 4.69) is 32.9 Å². The summed E-state index contributed by atoms with van der Waals surface area (Å²) in [6.45, 7) is 8.47. The van der Waals surface area contributed by atoms with Gasteiger partial charge in [-0.2, -0.15) is 0 Å². The first-order valence-corrected chi connectivity index (χ1v) is 10.0. The van der Waals surface area contributed by atoms with Gasteiger partial charge in [-0.1, -0.05) is 37.1 Å². The van der Waals surface area contributed by atoms with E-state index in [0.717, 1.165) is 24.4 Å². The third-order valence-electron chi connectivity index (χ3n) is 8.95. The van der Waals surface area contributed by atoms with E-state index in [9.17, 15) is 0 Å². The van der Waals surface area contributed by atoms with E-state index >= 15 is 0 Å². The van der Waals surface area contributed by atoms with Crippen LogP contribution in [0.3, 0.4) is 0 Å². The zero-order valence-corrected chi connectivity index (χ0v) is 15.2. The van der Waals surface area contributed by atoms with Crippen LogP contribution in [0, 0.1) is 28.6 Å². The normalized spacial score (nSPS) is 56.0. The lowest BCUT2D eigenvalue weighted by Gasteiger charge is -2.58. The van der Waals surface area contributed by atoms with Crippen LogP contribution in [0.5, 0.6) is 0 Å². The van der Waals surface area contributed by atoms with Crippen LogP contribution in [0.1, 0.15) is 72.1 Å². The second kappa shape index (κ2) is 4.54. The molecule has 0 radical (unpaired) electrons. The van der Waals surface area contributed by atoms with Crippen molar-refractivity contribution in [2.24, 2.45) is 28.6 Å². The van der Waals surface area contributed by atoms with Crippen molar-refractivity contribution >= 4 is 0 Å². The molecule has 0 amide bonds. The minimum atomic E-state index is 0.191. The van der Waals surface area contributed by atoms with Gasteiger partial charge < -0.3 is 4.74 Å². The molecule has 1 saturated heterocycles. The van der Waals surface area contributed by atoms with Gasteiger partial charge >= 0.3 is 0 Å². The molecule has 3 saturated carbocycles. The van der Waals surface area contributed by atoms with Gasteiger partial charge in [-0.15, -0.1) is 0 Å². The highest BCUT2D eigenvalue weighted by Gasteiger charge is 2.59. The summed E-state index contributed by atoms with van der Waals surface area (Å²) in [6, 6.07) is 0. The predicted octanol–water partition coefficient (Wildman–Crippen LogP) is 5.66. The molecule has 4 fully saturated rings. The average molecular weight is 312 g/mol. The molecule has 1 heteroatoms. The molecule has 4 aliphatic carbocycles. The molecule has 0 bridgehead atoms. The molecule has 1 aliphatic heterocycles. The summed E-state index contributed by atoms with van der Waals surface area (Å²) >= 11 is 0. The molecule has 1 heterocycles. The number of fused-ring (bicyclic) bond motifs is 5. The van der Waals surface area contributed by atoms with Crippen molar-refractivity contribution in [3.8, 4) is 0 Å². The highest BCUT2D eigenvalue weighted by atomic mass is 16.6. The zero-order chi connectivity index (χ0) is 15.9. The molecular formula is C22H32O. The SMILES string of the molecule is C/C=C1\CCC2C3CCC4=CC5(CC[C@]4(C)C3CC[C@]12C)CO5. The van der Waals surface area contributed by atoms with Crippen molar-refractivity contribution in [2.75, 3.05) is 6.61 Å². The van der Waals surface area contributed by atoms with Gasteiger partial charge in [0.1, 0.15) is 5.60 Å². The fourth-order valence-corrected chi connectivity index (χ4v) is 7.41. The Morgan fingerprint density at radius 3 is 2.52 bits per heavy atom. The molecule has 126 valence electrons. The van der Waals surface area contributed by atoms with Gasteiger partial charge in [-0.05, 0) is 86.9 Å². The number of epoxide rings is 1. The van der Waals surface area contributed by atoms with Crippen LogP contribution in [-0.2, 0) is 4.74 Å². The Hall–Kier alpha value is -0.560. The molecule has 1 spiro atoms. The van der Waals surface area contributed by atoms with Gasteiger partial charge in [-0.25, -0.2) is 0 Å².